The molecule has 2 rings (SSSR count). The highest BCUT2D eigenvalue weighted by molar-refractivity contribution is 7.17. The molecule has 0 bridgehead atoms. The average Bonchev–Trinajstić information content (AvgIpc) is 2.81. The van der Waals surface area contributed by atoms with E-state index in [4.69, 9.17) is 4.74 Å². The largest absolute Gasteiger partial charge is 0.449 e. The van der Waals surface area contributed by atoms with Gasteiger partial charge >= 0.3 is 6.09 Å². The van der Waals surface area contributed by atoms with Crippen LogP contribution in [-0.2, 0) is 4.74 Å². The lowest BCUT2D eigenvalue weighted by Crippen LogP contribution is -2.15. The Balaban J connectivity index is 2.01. The first-order valence-corrected chi connectivity index (χ1v) is 6.70. The molecule has 0 saturated carbocycles. The number of nitrogens with zero attached hydrogens (tertiary/aromatic N) is 3. The number of hydrogen-bond donors (Lipinski definition) is 1. The molecule has 0 aromatic carbocycles. The van der Waals surface area contributed by atoms with Gasteiger partial charge in [0.2, 0.25) is 4.96 Å². The summed E-state index contributed by atoms with van der Waals surface area (Å²) in [4.78, 5) is 17.6. The van der Waals surface area contributed by atoms with Crippen LogP contribution >= 0.6 is 11.3 Å². The number of unbranched alkanes of at least 4 members (excludes halogenated alkanes) is 1. The number of aromatic nitrogens is 3. The second kappa shape index (κ2) is 5.34. The Morgan fingerprint density at radius 3 is 2.94 bits per heavy atom. The van der Waals surface area contributed by atoms with E-state index in [9.17, 15) is 4.79 Å². The zero-order chi connectivity index (χ0) is 13.1. The summed E-state index contributed by atoms with van der Waals surface area (Å²) in [6, 6.07) is 0. The van der Waals surface area contributed by atoms with E-state index < -0.39 is 6.09 Å². The molecule has 98 valence electrons. The zero-order valence-corrected chi connectivity index (χ0v) is 11.5. The van der Waals surface area contributed by atoms with Crippen LogP contribution in [0, 0.1) is 13.8 Å². The van der Waals surface area contributed by atoms with Crippen molar-refractivity contribution in [2.24, 2.45) is 0 Å². The molecular weight excluding hydrogens is 252 g/mol. The van der Waals surface area contributed by atoms with Gasteiger partial charge in [-0.1, -0.05) is 24.7 Å². The third-order valence-corrected chi connectivity index (χ3v) is 3.64. The Kier molecular flexibility index (Phi) is 3.81. The van der Waals surface area contributed by atoms with Gasteiger partial charge in [0.1, 0.15) is 0 Å². The molecule has 0 fully saturated rings. The molecule has 0 aliphatic rings. The normalized spacial score (nSPS) is 10.8. The molecule has 18 heavy (non-hydrogen) atoms. The molecule has 2 heterocycles. The van der Waals surface area contributed by atoms with Crippen molar-refractivity contribution in [1.29, 1.82) is 0 Å². The summed E-state index contributed by atoms with van der Waals surface area (Å²) in [5, 5.41) is 6.73. The van der Waals surface area contributed by atoms with Gasteiger partial charge in [-0.2, -0.15) is 4.98 Å². The van der Waals surface area contributed by atoms with Gasteiger partial charge in [-0.15, -0.1) is 5.10 Å². The highest BCUT2D eigenvalue weighted by atomic mass is 32.1. The molecule has 1 amide bonds. The topological polar surface area (TPSA) is 68.5 Å². The lowest BCUT2D eigenvalue weighted by Gasteiger charge is -2.02. The number of aryl methyl sites for hydroxylation is 2. The van der Waals surface area contributed by atoms with Crippen molar-refractivity contribution in [3.63, 3.8) is 0 Å². The molecule has 0 unspecified atom stereocenters. The van der Waals surface area contributed by atoms with Gasteiger partial charge in [-0.25, -0.2) is 9.31 Å². The predicted octanol–water partition coefficient (Wildman–Crippen LogP) is 2.76. The van der Waals surface area contributed by atoms with Crippen molar-refractivity contribution in [2.45, 2.75) is 33.6 Å². The summed E-state index contributed by atoms with van der Waals surface area (Å²) in [7, 11) is 0. The van der Waals surface area contributed by atoms with Gasteiger partial charge in [-0.3, -0.25) is 5.32 Å². The van der Waals surface area contributed by atoms with Gasteiger partial charge in [0, 0.05) is 4.88 Å². The molecular formula is C11H16N4O2S. The van der Waals surface area contributed by atoms with E-state index in [2.05, 4.69) is 15.4 Å². The summed E-state index contributed by atoms with van der Waals surface area (Å²) in [6.07, 6.45) is 1.35. The number of thiazole rings is 1. The third kappa shape index (κ3) is 2.61. The first-order valence-electron chi connectivity index (χ1n) is 5.88. The van der Waals surface area contributed by atoms with E-state index in [1.165, 1.54) is 4.88 Å². The van der Waals surface area contributed by atoms with Gasteiger partial charge < -0.3 is 4.74 Å². The molecule has 0 aliphatic carbocycles. The molecule has 0 aliphatic heterocycles. The summed E-state index contributed by atoms with van der Waals surface area (Å²) in [6.45, 7) is 6.44. The van der Waals surface area contributed by atoms with Crippen LogP contribution in [0.15, 0.2) is 0 Å². The maximum atomic E-state index is 11.4. The summed E-state index contributed by atoms with van der Waals surface area (Å²) >= 11 is 1.55. The van der Waals surface area contributed by atoms with Crippen molar-refractivity contribution in [1.82, 2.24) is 14.6 Å². The summed E-state index contributed by atoms with van der Waals surface area (Å²) < 4.78 is 6.70. The number of rotatable bonds is 4. The number of fused-ring (bicyclic) bond motifs is 1. The van der Waals surface area contributed by atoms with Crippen LogP contribution in [0.2, 0.25) is 0 Å². The second-order valence-electron chi connectivity index (χ2n) is 3.99. The minimum absolute atomic E-state index is 0.283. The van der Waals surface area contributed by atoms with Gasteiger partial charge in [0.05, 0.1) is 12.3 Å². The molecule has 2 aromatic heterocycles. The monoisotopic (exact) mass is 268 g/mol. The number of carbonyl (C=O) groups excluding carboxylic acids is 1. The van der Waals surface area contributed by atoms with E-state index in [-0.39, 0.29) is 5.95 Å². The van der Waals surface area contributed by atoms with E-state index in [0.29, 0.717) is 6.61 Å². The Morgan fingerprint density at radius 1 is 1.50 bits per heavy atom. The lowest BCUT2D eigenvalue weighted by atomic mass is 10.4. The van der Waals surface area contributed by atoms with Crippen molar-refractivity contribution in [3.8, 4) is 0 Å². The first kappa shape index (κ1) is 12.8. The summed E-state index contributed by atoms with van der Waals surface area (Å²) in [5.41, 5.74) is 1.04. The number of amides is 1. The quantitative estimate of drug-likeness (QED) is 0.866. The smallest absolute Gasteiger partial charge is 0.414 e. The minimum atomic E-state index is -0.504. The molecule has 0 radical (unpaired) electrons. The number of ether oxygens (including phenoxy) is 1. The predicted molar refractivity (Wildman–Crippen MR) is 70.2 cm³/mol. The molecule has 7 heteroatoms. The molecule has 0 atom stereocenters. The van der Waals surface area contributed by atoms with E-state index >= 15 is 0 Å². The number of carbonyl (C=O) groups is 1. The fourth-order valence-electron chi connectivity index (χ4n) is 1.43. The number of nitrogens with one attached hydrogen (secondary N) is 1. The standard InChI is InChI=1S/C11H16N4O2S/c1-4-5-6-17-11(16)13-9-12-10-15(14-9)7(2)8(3)18-10/h4-6H2,1-3H3,(H,13,14,16). The van der Waals surface area contributed by atoms with E-state index in [1.54, 1.807) is 15.9 Å². The lowest BCUT2D eigenvalue weighted by molar-refractivity contribution is 0.159. The molecule has 2 aromatic rings. The second-order valence-corrected chi connectivity index (χ2v) is 5.17. The molecule has 0 saturated heterocycles. The Hall–Kier alpha value is -1.63. The number of anilines is 1. The van der Waals surface area contributed by atoms with Gasteiger partial charge in [-0.05, 0) is 20.3 Å². The highest BCUT2D eigenvalue weighted by Gasteiger charge is 2.12. The number of hydrogen-bond acceptors (Lipinski definition) is 5. The first-order chi connectivity index (χ1) is 8.61. The Labute approximate surface area is 109 Å². The highest BCUT2D eigenvalue weighted by Crippen LogP contribution is 2.21. The Morgan fingerprint density at radius 2 is 2.28 bits per heavy atom. The van der Waals surface area contributed by atoms with Crippen molar-refractivity contribution >= 4 is 28.3 Å². The van der Waals surface area contributed by atoms with Crippen molar-refractivity contribution < 1.29 is 9.53 Å². The SMILES string of the molecule is CCCCOC(=O)Nc1nc2sc(C)c(C)n2n1. The maximum Gasteiger partial charge on any atom is 0.414 e. The van der Waals surface area contributed by atoms with Crippen LogP contribution in [-0.4, -0.2) is 27.3 Å². The van der Waals surface area contributed by atoms with Crippen LogP contribution in [0.3, 0.4) is 0 Å². The molecule has 1 N–H and O–H groups in total. The zero-order valence-electron chi connectivity index (χ0n) is 10.7. The minimum Gasteiger partial charge on any atom is -0.449 e. The molecule has 6 nitrogen and oxygen atoms in total. The van der Waals surface area contributed by atoms with Crippen molar-refractivity contribution in [2.75, 3.05) is 11.9 Å². The fraction of sp³-hybridized carbons (Fsp3) is 0.545. The molecule has 0 spiro atoms. The average molecular weight is 268 g/mol. The fourth-order valence-corrected chi connectivity index (χ4v) is 2.34. The van der Waals surface area contributed by atoms with Crippen LogP contribution < -0.4 is 5.32 Å². The third-order valence-electron chi connectivity index (χ3n) is 2.59. The van der Waals surface area contributed by atoms with Gasteiger partial charge in [0.15, 0.2) is 0 Å². The van der Waals surface area contributed by atoms with E-state index in [0.717, 1.165) is 23.5 Å². The van der Waals surface area contributed by atoms with Crippen LogP contribution in [0.4, 0.5) is 10.7 Å². The maximum absolute atomic E-state index is 11.4. The summed E-state index contributed by atoms with van der Waals surface area (Å²) in [5.74, 6) is 0.283. The van der Waals surface area contributed by atoms with Gasteiger partial charge in [0.25, 0.3) is 5.95 Å². The van der Waals surface area contributed by atoms with E-state index in [1.807, 2.05) is 20.8 Å². The van der Waals surface area contributed by atoms with Crippen LogP contribution in [0.5, 0.6) is 0 Å². The van der Waals surface area contributed by atoms with Crippen molar-refractivity contribution in [3.05, 3.63) is 10.6 Å². The van der Waals surface area contributed by atoms with Crippen LogP contribution in [0.1, 0.15) is 30.3 Å². The van der Waals surface area contributed by atoms with Crippen LogP contribution in [0.25, 0.3) is 4.96 Å². The Bertz CT molecular complexity index is 561.